The van der Waals surface area contributed by atoms with Gasteiger partial charge in [0, 0.05) is 18.2 Å². The Morgan fingerprint density at radius 1 is 1.19 bits per heavy atom. The van der Waals surface area contributed by atoms with Gasteiger partial charge in [0.25, 0.3) is 6.02 Å². The molecular weight excluding hydrogens is 442 g/mol. The number of fused-ring (bicyclic) bond motifs is 1. The molecule has 0 spiro atoms. The molecule has 4 rings (SSSR count). The predicted molar refractivity (Wildman–Crippen MR) is 104 cm³/mol. The maximum Gasteiger partial charge on any atom is 0.425 e. The molecule has 162 valence electrons. The second-order valence-corrected chi connectivity index (χ2v) is 7.44. The number of rotatable bonds is 3. The van der Waals surface area contributed by atoms with E-state index in [1.165, 1.54) is 31.7 Å². The van der Waals surface area contributed by atoms with Crippen LogP contribution >= 0.6 is 11.6 Å². The van der Waals surface area contributed by atoms with Crippen LogP contribution in [0, 0.1) is 5.95 Å². The highest BCUT2D eigenvalue weighted by atomic mass is 35.5. The second-order valence-electron chi connectivity index (χ2n) is 7.01. The number of nitrogens with zero attached hydrogens (tertiary/aromatic N) is 5. The fourth-order valence-corrected chi connectivity index (χ4v) is 3.41. The van der Waals surface area contributed by atoms with Gasteiger partial charge in [0.05, 0.1) is 28.0 Å². The first-order valence-corrected chi connectivity index (χ1v) is 9.21. The van der Waals surface area contributed by atoms with E-state index in [1.807, 2.05) is 0 Å². The van der Waals surface area contributed by atoms with Crippen LogP contribution in [0.5, 0.6) is 0 Å². The third kappa shape index (κ3) is 4.15. The number of amidine groups is 1. The van der Waals surface area contributed by atoms with Crippen LogP contribution in [0.3, 0.4) is 0 Å². The van der Waals surface area contributed by atoms with Crippen molar-refractivity contribution < 1.29 is 22.3 Å². The molecule has 3 N–H and O–H groups in total. The summed E-state index contributed by atoms with van der Waals surface area (Å²) in [6.07, 6.45) is -3.75. The van der Waals surface area contributed by atoms with Crippen molar-refractivity contribution >= 4 is 40.2 Å². The number of alkyl halides is 3. The molecule has 3 aromatic rings. The van der Waals surface area contributed by atoms with Crippen molar-refractivity contribution in [3.8, 4) is 0 Å². The van der Waals surface area contributed by atoms with Gasteiger partial charge >= 0.3 is 6.18 Å². The highest BCUT2D eigenvalue weighted by Gasteiger charge is 2.50. The first-order valence-electron chi connectivity index (χ1n) is 8.83. The van der Waals surface area contributed by atoms with E-state index in [-0.39, 0.29) is 17.1 Å². The number of ether oxygens (including phenoxy) is 1. The summed E-state index contributed by atoms with van der Waals surface area (Å²) in [7, 11) is 0. The fourth-order valence-electron chi connectivity index (χ4n) is 3.26. The van der Waals surface area contributed by atoms with E-state index < -0.39 is 36.2 Å². The molecule has 3 aromatic heterocycles. The minimum atomic E-state index is -4.70. The lowest BCUT2D eigenvalue weighted by molar-refractivity contribution is -0.208. The lowest BCUT2D eigenvalue weighted by Gasteiger charge is -2.35. The van der Waals surface area contributed by atoms with Gasteiger partial charge in [0.2, 0.25) is 5.95 Å². The van der Waals surface area contributed by atoms with Gasteiger partial charge < -0.3 is 15.8 Å². The highest BCUT2D eigenvalue weighted by Crippen LogP contribution is 2.41. The predicted octanol–water partition coefficient (Wildman–Crippen LogP) is 3.84. The number of hydrogen-bond donors (Lipinski definition) is 2. The largest absolute Gasteiger partial charge is 0.452 e. The molecule has 1 aliphatic heterocycles. The third-order valence-corrected chi connectivity index (χ3v) is 4.90. The van der Waals surface area contributed by atoms with Crippen molar-refractivity contribution in [2.45, 2.75) is 31.2 Å². The molecule has 0 aliphatic carbocycles. The molecule has 2 unspecified atom stereocenters. The van der Waals surface area contributed by atoms with Crippen LogP contribution in [-0.4, -0.2) is 38.2 Å². The summed E-state index contributed by atoms with van der Waals surface area (Å²) in [6, 6.07) is 2.20. The minimum absolute atomic E-state index is 0.188. The maximum absolute atomic E-state index is 14.6. The van der Waals surface area contributed by atoms with Gasteiger partial charge in [-0.25, -0.2) is 24.9 Å². The summed E-state index contributed by atoms with van der Waals surface area (Å²) >= 11 is 5.92. The molecule has 0 saturated heterocycles. The van der Waals surface area contributed by atoms with Crippen molar-refractivity contribution in [1.29, 1.82) is 0 Å². The molecule has 1 aliphatic rings. The molecule has 0 fully saturated rings. The van der Waals surface area contributed by atoms with Gasteiger partial charge in [-0.2, -0.15) is 17.6 Å². The molecule has 31 heavy (non-hydrogen) atoms. The van der Waals surface area contributed by atoms with Gasteiger partial charge in [-0.15, -0.1) is 0 Å². The Hall–Kier alpha value is -3.28. The molecule has 0 radical (unpaired) electrons. The van der Waals surface area contributed by atoms with Crippen molar-refractivity contribution in [1.82, 2.24) is 19.9 Å². The fraction of sp³-hybridized carbons (Fsp3) is 0.278. The Kier molecular flexibility index (Phi) is 5.04. The normalized spacial score (nSPS) is 21.5. The summed E-state index contributed by atoms with van der Waals surface area (Å²) in [6.45, 7) is 1.33. The topological polar surface area (TPSA) is 111 Å². The Morgan fingerprint density at radius 2 is 1.97 bits per heavy atom. The van der Waals surface area contributed by atoms with E-state index in [9.17, 15) is 17.6 Å². The van der Waals surface area contributed by atoms with E-state index in [4.69, 9.17) is 17.3 Å². The number of nitrogens with two attached hydrogens (primary N) is 1. The highest BCUT2D eigenvalue weighted by molar-refractivity contribution is 6.31. The first kappa shape index (κ1) is 21.0. The van der Waals surface area contributed by atoms with E-state index >= 15 is 0 Å². The smallest absolute Gasteiger partial charge is 0.425 e. The van der Waals surface area contributed by atoms with E-state index in [1.54, 1.807) is 6.07 Å². The lowest BCUT2D eigenvalue weighted by Crippen LogP contribution is -2.46. The zero-order valence-electron chi connectivity index (χ0n) is 15.8. The summed E-state index contributed by atoms with van der Waals surface area (Å²) < 4.78 is 58.9. The Balaban J connectivity index is 1.72. The van der Waals surface area contributed by atoms with Gasteiger partial charge in [-0.3, -0.25) is 0 Å². The summed E-state index contributed by atoms with van der Waals surface area (Å²) in [4.78, 5) is 19.9. The van der Waals surface area contributed by atoms with Crippen LogP contribution in [0.1, 0.15) is 18.9 Å². The Morgan fingerprint density at radius 3 is 2.71 bits per heavy atom. The zero-order chi connectivity index (χ0) is 22.4. The summed E-state index contributed by atoms with van der Waals surface area (Å²) in [5, 5.41) is 3.30. The van der Waals surface area contributed by atoms with Crippen molar-refractivity contribution in [3.63, 3.8) is 0 Å². The molecule has 0 aromatic carbocycles. The Labute approximate surface area is 177 Å². The lowest BCUT2D eigenvalue weighted by atomic mass is 9.86. The first-order chi connectivity index (χ1) is 14.5. The van der Waals surface area contributed by atoms with Gasteiger partial charge in [-0.05, 0) is 19.1 Å². The second kappa shape index (κ2) is 7.45. The van der Waals surface area contributed by atoms with E-state index in [2.05, 4.69) is 35.0 Å². The summed E-state index contributed by atoms with van der Waals surface area (Å²) in [5.41, 5.74) is 4.70. The monoisotopic (exact) mass is 455 g/mol. The van der Waals surface area contributed by atoms with Crippen molar-refractivity contribution in [2.75, 3.05) is 5.32 Å². The van der Waals surface area contributed by atoms with Crippen LogP contribution < -0.4 is 11.1 Å². The molecule has 0 saturated carbocycles. The van der Waals surface area contributed by atoms with Crippen molar-refractivity contribution in [3.05, 3.63) is 47.4 Å². The van der Waals surface area contributed by atoms with Gasteiger partial charge in [0.15, 0.2) is 11.9 Å². The van der Waals surface area contributed by atoms with Crippen LogP contribution in [-0.2, 0) is 10.3 Å². The quantitative estimate of drug-likeness (QED) is 0.456. The van der Waals surface area contributed by atoms with Crippen LogP contribution in [0.25, 0.3) is 11.0 Å². The number of pyridine rings is 2. The number of aliphatic imine (C=N–C) groups is 1. The van der Waals surface area contributed by atoms with Crippen LogP contribution in [0.4, 0.5) is 29.1 Å². The van der Waals surface area contributed by atoms with Gasteiger partial charge in [-0.1, -0.05) is 11.6 Å². The molecule has 0 bridgehead atoms. The minimum Gasteiger partial charge on any atom is -0.452 e. The number of halogens is 5. The number of hydrogen-bond acceptors (Lipinski definition) is 8. The Bertz CT molecular complexity index is 1190. The number of anilines is 2. The zero-order valence-corrected chi connectivity index (χ0v) is 16.5. The van der Waals surface area contributed by atoms with Crippen LogP contribution in [0.2, 0.25) is 5.02 Å². The molecule has 8 nitrogen and oxygen atoms in total. The molecular formula is C18H14ClF4N7O. The summed E-state index contributed by atoms with van der Waals surface area (Å²) in [5.74, 6) is -0.709. The molecule has 13 heteroatoms. The number of aromatic nitrogens is 4. The van der Waals surface area contributed by atoms with E-state index in [0.29, 0.717) is 16.1 Å². The molecule has 4 heterocycles. The molecule has 0 amide bonds. The SMILES string of the molecule is CC1(c2cc(Nc3ncnc4cc(Cl)cnc34)cnc2F)CC(C(F)(F)F)OC(N)=N1. The van der Waals surface area contributed by atoms with Crippen molar-refractivity contribution in [2.24, 2.45) is 10.7 Å². The van der Waals surface area contributed by atoms with E-state index in [0.717, 1.165) is 0 Å². The van der Waals surface area contributed by atoms with Crippen LogP contribution in [0.15, 0.2) is 35.8 Å². The number of nitrogens with one attached hydrogen (secondary N) is 1. The maximum atomic E-state index is 14.6. The average Bonchev–Trinajstić information content (AvgIpc) is 2.68. The standard InChI is InChI=1S/C18H14ClF4N7O/c1-17(4-12(18(21,22)23)31-16(24)30-17)10-3-9(6-26-14(10)20)29-15-13-11(27-7-28-15)2-8(19)5-25-13/h2-3,5-7,12H,4H2,1H3,(H2,24,30)(H,27,28,29). The molecule has 2 atom stereocenters. The third-order valence-electron chi connectivity index (χ3n) is 4.69. The van der Waals surface area contributed by atoms with Gasteiger partial charge in [0.1, 0.15) is 11.8 Å². The average molecular weight is 456 g/mol.